The number of hydrogen-bond donors (Lipinski definition) is 1. The first-order valence-electron chi connectivity index (χ1n) is 7.94. The number of anilines is 1. The third kappa shape index (κ3) is 3.66. The highest BCUT2D eigenvalue weighted by atomic mass is 79.9. The summed E-state index contributed by atoms with van der Waals surface area (Å²) in [5.41, 5.74) is 0.758. The molecule has 5 nitrogen and oxygen atoms in total. The van der Waals surface area contributed by atoms with Gasteiger partial charge in [-0.2, -0.15) is 5.10 Å². The highest BCUT2D eigenvalue weighted by Gasteiger charge is 2.23. The number of H-pyrrole nitrogens is 1. The van der Waals surface area contributed by atoms with E-state index in [4.69, 9.17) is 0 Å². The maximum Gasteiger partial charge on any atom is 0.280 e. The Hall–Kier alpha value is -0.880. The summed E-state index contributed by atoms with van der Waals surface area (Å²) in [6, 6.07) is 0. The molecular formula is C15H23BrN4O. The average molecular weight is 355 g/mol. The Morgan fingerprint density at radius 2 is 1.90 bits per heavy atom. The van der Waals surface area contributed by atoms with Crippen molar-refractivity contribution in [1.29, 1.82) is 0 Å². The van der Waals surface area contributed by atoms with E-state index in [-0.39, 0.29) is 5.56 Å². The summed E-state index contributed by atoms with van der Waals surface area (Å²) in [6.07, 6.45) is 8.80. The van der Waals surface area contributed by atoms with Gasteiger partial charge < -0.3 is 4.90 Å². The highest BCUT2D eigenvalue weighted by Crippen LogP contribution is 2.26. The molecule has 2 aliphatic rings. The lowest BCUT2D eigenvalue weighted by molar-refractivity contribution is 0.192. The lowest BCUT2D eigenvalue weighted by Gasteiger charge is -2.38. The Bertz CT molecular complexity index is 519. The van der Waals surface area contributed by atoms with Crippen LogP contribution in [0.2, 0.25) is 0 Å². The minimum absolute atomic E-state index is 0.155. The van der Waals surface area contributed by atoms with Crippen molar-refractivity contribution in [2.45, 2.75) is 32.1 Å². The minimum Gasteiger partial charge on any atom is -0.367 e. The van der Waals surface area contributed by atoms with Crippen molar-refractivity contribution in [3.63, 3.8) is 0 Å². The predicted molar refractivity (Wildman–Crippen MR) is 87.8 cm³/mol. The van der Waals surface area contributed by atoms with E-state index in [0.717, 1.165) is 37.8 Å². The standard InChI is InChI=1S/C15H23BrN4O/c16-14-13(10-17-18-15(14)21)20-8-6-19(7-9-20)11-12-4-2-1-3-5-12/h10,12H,1-9,11H2,(H,18,21). The summed E-state index contributed by atoms with van der Waals surface area (Å²) >= 11 is 3.37. The van der Waals surface area contributed by atoms with Crippen molar-refractivity contribution in [1.82, 2.24) is 15.1 Å². The zero-order valence-electron chi connectivity index (χ0n) is 12.4. The van der Waals surface area contributed by atoms with Crippen LogP contribution in [0.3, 0.4) is 0 Å². The predicted octanol–water partition coefficient (Wildman–Crippen LogP) is 2.23. The molecule has 0 radical (unpaired) electrons. The monoisotopic (exact) mass is 354 g/mol. The zero-order valence-corrected chi connectivity index (χ0v) is 13.9. The molecule has 1 aliphatic heterocycles. The Balaban J connectivity index is 1.55. The van der Waals surface area contributed by atoms with Crippen LogP contribution in [0, 0.1) is 5.92 Å². The van der Waals surface area contributed by atoms with Gasteiger partial charge in [0, 0.05) is 32.7 Å². The van der Waals surface area contributed by atoms with Crippen LogP contribution < -0.4 is 10.5 Å². The molecule has 0 bridgehead atoms. The van der Waals surface area contributed by atoms with Gasteiger partial charge in [-0.05, 0) is 34.7 Å². The van der Waals surface area contributed by atoms with Gasteiger partial charge in [0.05, 0.1) is 11.9 Å². The molecule has 1 N–H and O–H groups in total. The van der Waals surface area contributed by atoms with Gasteiger partial charge in [0.2, 0.25) is 0 Å². The van der Waals surface area contributed by atoms with E-state index in [1.54, 1.807) is 6.20 Å². The molecule has 0 unspecified atom stereocenters. The number of halogens is 1. The van der Waals surface area contributed by atoms with Crippen LogP contribution in [-0.2, 0) is 0 Å². The van der Waals surface area contributed by atoms with Crippen LogP contribution in [0.1, 0.15) is 32.1 Å². The van der Waals surface area contributed by atoms with Crippen LogP contribution in [0.5, 0.6) is 0 Å². The average Bonchev–Trinajstić information content (AvgIpc) is 2.52. The number of aromatic amines is 1. The number of rotatable bonds is 3. The van der Waals surface area contributed by atoms with Crippen LogP contribution in [0.15, 0.2) is 15.5 Å². The van der Waals surface area contributed by atoms with Gasteiger partial charge >= 0.3 is 0 Å². The van der Waals surface area contributed by atoms with Crippen LogP contribution in [0.25, 0.3) is 0 Å². The number of nitrogens with zero attached hydrogens (tertiary/aromatic N) is 3. The van der Waals surface area contributed by atoms with E-state index in [2.05, 4.69) is 35.9 Å². The molecule has 0 atom stereocenters. The first kappa shape index (κ1) is 15.0. The maximum atomic E-state index is 11.6. The van der Waals surface area contributed by atoms with Gasteiger partial charge in [-0.3, -0.25) is 9.69 Å². The Morgan fingerprint density at radius 1 is 1.19 bits per heavy atom. The van der Waals surface area contributed by atoms with Crippen molar-refractivity contribution in [2.75, 3.05) is 37.6 Å². The number of hydrogen-bond acceptors (Lipinski definition) is 4. The van der Waals surface area contributed by atoms with Gasteiger partial charge in [-0.1, -0.05) is 19.3 Å². The summed E-state index contributed by atoms with van der Waals surface area (Å²) < 4.78 is 0.596. The van der Waals surface area contributed by atoms with E-state index < -0.39 is 0 Å². The lowest BCUT2D eigenvalue weighted by Crippen LogP contribution is -2.48. The van der Waals surface area contributed by atoms with Crippen molar-refractivity contribution in [3.8, 4) is 0 Å². The third-order valence-corrected chi connectivity index (χ3v) is 5.50. The van der Waals surface area contributed by atoms with Gasteiger partial charge in [0.1, 0.15) is 4.47 Å². The molecule has 2 fully saturated rings. The second-order valence-corrected chi connectivity index (χ2v) is 6.98. The van der Waals surface area contributed by atoms with Gasteiger partial charge in [0.15, 0.2) is 0 Å². The zero-order chi connectivity index (χ0) is 14.7. The second kappa shape index (κ2) is 6.92. The Kier molecular flexibility index (Phi) is 4.95. The summed E-state index contributed by atoms with van der Waals surface area (Å²) in [7, 11) is 0. The molecule has 1 saturated heterocycles. The SMILES string of the molecule is O=c1[nH]ncc(N2CCN(CC3CCCCC3)CC2)c1Br. The van der Waals surface area contributed by atoms with Crippen LogP contribution in [0.4, 0.5) is 5.69 Å². The topological polar surface area (TPSA) is 52.2 Å². The lowest BCUT2D eigenvalue weighted by atomic mass is 9.89. The molecule has 1 aromatic heterocycles. The third-order valence-electron chi connectivity index (χ3n) is 4.73. The molecule has 116 valence electrons. The molecule has 1 saturated carbocycles. The summed E-state index contributed by atoms with van der Waals surface area (Å²) in [6.45, 7) is 5.35. The fraction of sp³-hybridized carbons (Fsp3) is 0.733. The fourth-order valence-electron chi connectivity index (χ4n) is 3.50. The van der Waals surface area contributed by atoms with Crippen LogP contribution in [-0.4, -0.2) is 47.8 Å². The number of piperazine rings is 1. The molecule has 0 amide bonds. The molecule has 3 rings (SSSR count). The minimum atomic E-state index is -0.155. The summed E-state index contributed by atoms with van der Waals surface area (Å²) in [5.74, 6) is 0.901. The molecular weight excluding hydrogens is 332 g/mol. The molecule has 0 spiro atoms. The first-order chi connectivity index (χ1) is 10.2. The molecule has 2 heterocycles. The summed E-state index contributed by atoms with van der Waals surface area (Å²) in [5, 5.41) is 6.36. The second-order valence-electron chi connectivity index (χ2n) is 6.19. The van der Waals surface area contributed by atoms with Gasteiger partial charge in [0.25, 0.3) is 5.56 Å². The van der Waals surface area contributed by atoms with E-state index in [0.29, 0.717) is 4.47 Å². The Morgan fingerprint density at radius 3 is 2.62 bits per heavy atom. The smallest absolute Gasteiger partial charge is 0.280 e. The van der Waals surface area contributed by atoms with Crippen molar-refractivity contribution < 1.29 is 0 Å². The first-order valence-corrected chi connectivity index (χ1v) is 8.74. The van der Waals surface area contributed by atoms with Gasteiger partial charge in [-0.25, -0.2) is 5.10 Å². The Labute approximate surface area is 133 Å². The number of aromatic nitrogens is 2. The van der Waals surface area contributed by atoms with Crippen molar-refractivity contribution >= 4 is 21.6 Å². The maximum absolute atomic E-state index is 11.6. The fourth-order valence-corrected chi connectivity index (χ4v) is 3.94. The molecule has 1 aliphatic carbocycles. The molecule has 6 heteroatoms. The van der Waals surface area contributed by atoms with E-state index >= 15 is 0 Å². The van der Waals surface area contributed by atoms with Gasteiger partial charge in [-0.15, -0.1) is 0 Å². The van der Waals surface area contributed by atoms with Crippen molar-refractivity contribution in [2.24, 2.45) is 5.92 Å². The van der Waals surface area contributed by atoms with E-state index in [1.807, 2.05) is 0 Å². The molecule has 21 heavy (non-hydrogen) atoms. The molecule has 0 aromatic carbocycles. The normalized spacial score (nSPS) is 21.7. The summed E-state index contributed by atoms with van der Waals surface area (Å²) in [4.78, 5) is 16.4. The van der Waals surface area contributed by atoms with Crippen molar-refractivity contribution in [3.05, 3.63) is 21.0 Å². The highest BCUT2D eigenvalue weighted by molar-refractivity contribution is 9.10. The molecule has 1 aromatic rings. The number of nitrogens with one attached hydrogen (secondary N) is 1. The van der Waals surface area contributed by atoms with Crippen LogP contribution >= 0.6 is 15.9 Å². The van der Waals surface area contributed by atoms with E-state index in [9.17, 15) is 4.79 Å². The quantitative estimate of drug-likeness (QED) is 0.904. The largest absolute Gasteiger partial charge is 0.367 e. The van der Waals surface area contributed by atoms with E-state index in [1.165, 1.54) is 38.6 Å².